The minimum Gasteiger partial charge on any atom is -0.504 e. The highest BCUT2D eigenvalue weighted by molar-refractivity contribution is 6.00. The Labute approximate surface area is 174 Å². The van der Waals surface area contributed by atoms with Gasteiger partial charge in [0.1, 0.15) is 28.6 Å². The number of fused-ring (bicyclic) bond motifs is 4. The van der Waals surface area contributed by atoms with Gasteiger partial charge in [0.2, 0.25) is 11.2 Å². The Morgan fingerprint density at radius 2 is 1.93 bits per heavy atom. The first-order valence-electron chi connectivity index (χ1n) is 9.94. The van der Waals surface area contributed by atoms with Crippen molar-refractivity contribution in [2.24, 2.45) is 0 Å². The molecular weight excluding hydrogens is 384 g/mol. The summed E-state index contributed by atoms with van der Waals surface area (Å²) in [6, 6.07) is 2.73. The second-order valence-corrected chi connectivity index (χ2v) is 8.63. The molecule has 0 saturated heterocycles. The molecule has 0 saturated carbocycles. The van der Waals surface area contributed by atoms with Crippen molar-refractivity contribution < 1.29 is 24.1 Å². The summed E-state index contributed by atoms with van der Waals surface area (Å²) < 4.78 is 18.1. The van der Waals surface area contributed by atoms with Gasteiger partial charge >= 0.3 is 0 Å². The van der Waals surface area contributed by atoms with E-state index in [9.17, 15) is 15.0 Å². The van der Waals surface area contributed by atoms with Gasteiger partial charge in [-0.3, -0.25) is 4.79 Å². The summed E-state index contributed by atoms with van der Waals surface area (Å²) in [6.45, 7) is 10.1. The first-order chi connectivity index (χ1) is 14.1. The fourth-order valence-corrected chi connectivity index (χ4v) is 4.08. The van der Waals surface area contributed by atoms with Crippen LogP contribution in [0.1, 0.15) is 45.7 Å². The fourth-order valence-electron chi connectivity index (χ4n) is 4.08. The fraction of sp³-hybridized carbons (Fsp3) is 0.375. The Morgan fingerprint density at radius 1 is 1.23 bits per heavy atom. The van der Waals surface area contributed by atoms with E-state index in [0.29, 0.717) is 34.5 Å². The van der Waals surface area contributed by atoms with Crippen molar-refractivity contribution in [1.29, 1.82) is 0 Å². The molecule has 158 valence electrons. The maximum atomic E-state index is 13.5. The molecule has 1 aliphatic heterocycles. The summed E-state index contributed by atoms with van der Waals surface area (Å²) >= 11 is 0. The van der Waals surface area contributed by atoms with Gasteiger partial charge in [0.25, 0.3) is 0 Å². The standard InChI is InChI=1S/C24H26O6/c1-11(2)7-8-14-20-16(18(26)13-9-10-15(25)19(27)22(13)30-20)23-17(21(14)28-6)24(4,5)12(3)29-23/h7,9-10,12,25,27H,8H2,1-6H3/t12-/m1/s1. The second kappa shape index (κ2) is 6.69. The van der Waals surface area contributed by atoms with Gasteiger partial charge in [-0.2, -0.15) is 0 Å². The van der Waals surface area contributed by atoms with Crippen LogP contribution in [0, 0.1) is 0 Å². The molecule has 6 heteroatoms. The maximum Gasteiger partial charge on any atom is 0.204 e. The van der Waals surface area contributed by atoms with Crippen molar-refractivity contribution in [3.05, 3.63) is 45.1 Å². The van der Waals surface area contributed by atoms with Crippen LogP contribution in [-0.2, 0) is 11.8 Å². The van der Waals surface area contributed by atoms with Crippen LogP contribution in [0.2, 0.25) is 0 Å². The lowest BCUT2D eigenvalue weighted by Crippen LogP contribution is -2.29. The molecule has 3 aromatic rings. The molecule has 1 atom stereocenters. The van der Waals surface area contributed by atoms with Gasteiger partial charge in [0, 0.05) is 16.5 Å². The van der Waals surface area contributed by atoms with Crippen molar-refractivity contribution in [2.75, 3.05) is 7.11 Å². The number of phenolic OH excluding ortho intramolecular Hbond substituents is 2. The smallest absolute Gasteiger partial charge is 0.204 e. The minimum absolute atomic E-state index is 0.0572. The second-order valence-electron chi connectivity index (χ2n) is 8.63. The van der Waals surface area contributed by atoms with E-state index in [1.54, 1.807) is 7.11 Å². The number of hydrogen-bond acceptors (Lipinski definition) is 6. The predicted molar refractivity (Wildman–Crippen MR) is 116 cm³/mol. The lowest BCUT2D eigenvalue weighted by atomic mass is 9.79. The molecular formula is C24H26O6. The molecule has 0 aliphatic carbocycles. The average Bonchev–Trinajstić information content (AvgIpc) is 2.92. The van der Waals surface area contributed by atoms with Gasteiger partial charge < -0.3 is 24.1 Å². The van der Waals surface area contributed by atoms with E-state index in [0.717, 1.165) is 11.1 Å². The quantitative estimate of drug-likeness (QED) is 0.361. The first kappa shape index (κ1) is 20.1. The number of ether oxygens (including phenoxy) is 2. The van der Waals surface area contributed by atoms with Crippen molar-refractivity contribution in [1.82, 2.24) is 0 Å². The Bertz CT molecular complexity index is 1280. The third-order valence-corrected chi connectivity index (χ3v) is 6.12. The van der Waals surface area contributed by atoms with Crippen molar-refractivity contribution in [3.63, 3.8) is 0 Å². The maximum absolute atomic E-state index is 13.5. The van der Waals surface area contributed by atoms with Crippen LogP contribution in [0.3, 0.4) is 0 Å². The molecule has 0 spiro atoms. The summed E-state index contributed by atoms with van der Waals surface area (Å²) in [6.07, 6.45) is 2.34. The van der Waals surface area contributed by atoms with Gasteiger partial charge in [-0.05, 0) is 39.3 Å². The Hall–Kier alpha value is -3.15. The summed E-state index contributed by atoms with van der Waals surface area (Å²) in [5.74, 6) is 0.263. The number of allylic oxidation sites excluding steroid dienone is 2. The van der Waals surface area contributed by atoms with Crippen LogP contribution < -0.4 is 14.9 Å². The molecule has 1 aromatic heterocycles. The Morgan fingerprint density at radius 3 is 2.57 bits per heavy atom. The lowest BCUT2D eigenvalue weighted by Gasteiger charge is -2.24. The molecule has 0 bridgehead atoms. The normalized spacial score (nSPS) is 17.1. The summed E-state index contributed by atoms with van der Waals surface area (Å²) in [4.78, 5) is 13.5. The zero-order valence-corrected chi connectivity index (χ0v) is 18.0. The van der Waals surface area contributed by atoms with Gasteiger partial charge in [0.15, 0.2) is 11.3 Å². The summed E-state index contributed by atoms with van der Waals surface area (Å²) in [5, 5.41) is 20.8. The number of phenols is 2. The van der Waals surface area contributed by atoms with E-state index in [2.05, 4.69) is 13.8 Å². The van der Waals surface area contributed by atoms with E-state index < -0.39 is 5.75 Å². The van der Waals surface area contributed by atoms with E-state index in [-0.39, 0.29) is 33.7 Å². The topological polar surface area (TPSA) is 89.1 Å². The highest BCUT2D eigenvalue weighted by Crippen LogP contribution is 2.53. The van der Waals surface area contributed by atoms with Crippen LogP contribution in [-0.4, -0.2) is 23.4 Å². The molecule has 0 radical (unpaired) electrons. The molecule has 6 nitrogen and oxygen atoms in total. The number of rotatable bonds is 3. The zero-order chi connectivity index (χ0) is 22.0. The zero-order valence-electron chi connectivity index (χ0n) is 18.0. The summed E-state index contributed by atoms with van der Waals surface area (Å²) in [7, 11) is 1.59. The average molecular weight is 410 g/mol. The van der Waals surface area contributed by atoms with Gasteiger partial charge in [-0.1, -0.05) is 25.5 Å². The SMILES string of the molecule is COc1c2c(c3c(=O)c4ccc(O)c(O)c4oc3c1CC=C(C)C)O[C@H](C)C2(C)C. The van der Waals surface area contributed by atoms with Crippen LogP contribution in [0.4, 0.5) is 0 Å². The van der Waals surface area contributed by atoms with Crippen molar-refractivity contribution in [3.8, 4) is 23.0 Å². The Balaban J connectivity index is 2.27. The van der Waals surface area contributed by atoms with Crippen LogP contribution in [0.15, 0.2) is 33.0 Å². The summed E-state index contributed by atoms with van der Waals surface area (Å²) in [5.41, 5.74) is 2.20. The molecule has 0 fully saturated rings. The van der Waals surface area contributed by atoms with Crippen LogP contribution in [0.25, 0.3) is 21.9 Å². The Kier molecular flexibility index (Phi) is 4.49. The highest BCUT2D eigenvalue weighted by atomic mass is 16.5. The predicted octanol–water partition coefficient (Wildman–Crippen LogP) is 4.93. The molecule has 0 amide bonds. The van der Waals surface area contributed by atoms with E-state index in [4.69, 9.17) is 13.9 Å². The molecule has 1 aliphatic rings. The molecule has 30 heavy (non-hydrogen) atoms. The minimum atomic E-state index is -0.464. The van der Waals surface area contributed by atoms with Crippen molar-refractivity contribution >= 4 is 21.9 Å². The first-order valence-corrected chi connectivity index (χ1v) is 9.94. The third-order valence-electron chi connectivity index (χ3n) is 6.12. The van der Waals surface area contributed by atoms with Gasteiger partial charge in [-0.25, -0.2) is 0 Å². The monoisotopic (exact) mass is 410 g/mol. The van der Waals surface area contributed by atoms with Gasteiger partial charge in [-0.15, -0.1) is 0 Å². The number of methoxy groups -OCH3 is 1. The molecule has 2 heterocycles. The number of hydrogen-bond donors (Lipinski definition) is 2. The lowest BCUT2D eigenvalue weighted by molar-refractivity contribution is 0.186. The van der Waals surface area contributed by atoms with Crippen LogP contribution in [0.5, 0.6) is 23.0 Å². The van der Waals surface area contributed by atoms with E-state index >= 15 is 0 Å². The van der Waals surface area contributed by atoms with E-state index in [1.807, 2.05) is 26.8 Å². The van der Waals surface area contributed by atoms with Crippen molar-refractivity contribution in [2.45, 2.75) is 52.6 Å². The highest BCUT2D eigenvalue weighted by Gasteiger charge is 2.44. The third kappa shape index (κ3) is 2.66. The van der Waals surface area contributed by atoms with Gasteiger partial charge in [0.05, 0.1) is 12.5 Å². The number of aromatic hydroxyl groups is 2. The number of benzene rings is 2. The van der Waals surface area contributed by atoms with E-state index in [1.165, 1.54) is 12.1 Å². The molecule has 2 aromatic carbocycles. The molecule has 0 unspecified atom stereocenters. The largest absolute Gasteiger partial charge is 0.504 e. The van der Waals surface area contributed by atoms with Crippen LogP contribution >= 0.6 is 0 Å². The molecule has 4 rings (SSSR count). The molecule has 2 N–H and O–H groups in total.